The number of phenols is 1. The van der Waals surface area contributed by atoms with Crippen LogP contribution in [0, 0.1) is 10.1 Å². The highest BCUT2D eigenvalue weighted by molar-refractivity contribution is 7.14. The molecule has 0 spiro atoms. The minimum Gasteiger partial charge on any atom is -0.508 e. The molecule has 20 rings (SSSR count). The number of carbonyl (C=O) groups excluding carboxylic acids is 6. The molecule has 0 atom stereocenters. The van der Waals surface area contributed by atoms with E-state index in [-0.39, 0.29) is 46.5 Å². The van der Waals surface area contributed by atoms with E-state index in [0.717, 1.165) is 45.5 Å². The zero-order valence-corrected chi connectivity index (χ0v) is 74.9. The summed E-state index contributed by atoms with van der Waals surface area (Å²) in [7, 11) is 17.9. The lowest BCUT2D eigenvalue weighted by Crippen LogP contribution is -2.25. The Bertz CT molecular complexity index is 6400. The monoisotopic (exact) mass is 1850 g/mol. The number of nitrogens with two attached hydrogens (primary N) is 2. The topological polar surface area (TPSA) is 477 Å². The number of benzene rings is 5. The minimum absolute atomic E-state index is 0.00764. The largest absolute Gasteiger partial charge is 0.508 e. The van der Waals surface area contributed by atoms with Crippen LogP contribution in [0.1, 0.15) is 69.1 Å². The molecule has 0 fully saturated rings. The van der Waals surface area contributed by atoms with E-state index in [0.29, 0.717) is 134 Å². The molecular weight excluding hydrogens is 1770 g/mol. The predicted octanol–water partition coefficient (Wildman–Crippen LogP) is 16.2. The first-order valence-corrected chi connectivity index (χ1v) is 43.6. The molecule has 0 unspecified atom stereocenters. The molecule has 0 saturated heterocycles. The fraction of sp³-hybridized carbons (Fsp3) is 0.115. The second kappa shape index (κ2) is 36.7. The number of nitro benzene ring substituents is 1. The van der Waals surface area contributed by atoms with Crippen molar-refractivity contribution in [2.24, 2.45) is 5.73 Å². The Morgan fingerprint density at radius 2 is 0.550 bits per heavy atom. The summed E-state index contributed by atoms with van der Waals surface area (Å²) in [5.74, 6) is 3.35. The number of phenolic OH excluding ortho intramolecular Hbond substituents is 1. The van der Waals surface area contributed by atoms with Crippen LogP contribution in [-0.4, -0.2) is 177 Å². The van der Waals surface area contributed by atoms with Gasteiger partial charge in [-0.25, -0.2) is 29.7 Å². The molecule has 11 N–H and O–H groups in total. The number of carboxylic acid groups (broad SMARTS) is 1. The molecule has 15 heterocycles. The number of carboxylic acids is 1. The normalized spacial score (nSPS) is 13.1. The first-order valence-electron chi connectivity index (χ1n) is 39.2. The summed E-state index contributed by atoms with van der Waals surface area (Å²) in [5, 5.41) is 54.0. The molecule has 131 heavy (non-hydrogen) atoms. The van der Waals surface area contributed by atoms with E-state index in [1.807, 2.05) is 141 Å². The maximum atomic E-state index is 12.7. The van der Waals surface area contributed by atoms with E-state index in [2.05, 4.69) is 76.4 Å². The number of carbonyl (C=O) groups is 7. The summed E-state index contributed by atoms with van der Waals surface area (Å²) in [4.78, 5) is 161. The number of amides is 6. The van der Waals surface area contributed by atoms with E-state index < -0.39 is 16.8 Å². The average molecular weight is 1850 g/mol. The molecule has 660 valence electrons. The Hall–Kier alpha value is -16.7. The number of thiophene rings is 5. The molecule has 5 aromatic carbocycles. The number of nitrogen functional groups attached to an aromatic ring is 1. The Kier molecular flexibility index (Phi) is 24.6. The van der Waals surface area contributed by atoms with Gasteiger partial charge in [-0.2, -0.15) is 24.9 Å². The lowest BCUT2D eigenvalue weighted by Gasteiger charge is -2.20. The summed E-state index contributed by atoms with van der Waals surface area (Å²) in [6.45, 7) is 0. The van der Waals surface area contributed by atoms with Crippen LogP contribution in [0.4, 0.5) is 156 Å². The molecule has 5 aliphatic heterocycles. The van der Waals surface area contributed by atoms with Crippen molar-refractivity contribution in [3.63, 3.8) is 0 Å². The average Bonchev–Trinajstić information content (AvgIpc) is 1.66. The number of rotatable bonds is 13. The van der Waals surface area contributed by atoms with E-state index in [9.17, 15) is 48.8 Å². The third-order valence-electron chi connectivity index (χ3n) is 21.1. The van der Waals surface area contributed by atoms with E-state index >= 15 is 0 Å². The van der Waals surface area contributed by atoms with E-state index in [1.165, 1.54) is 85.8 Å². The second-order valence-electron chi connectivity index (χ2n) is 29.2. The number of hydrogen-bond donors (Lipinski definition) is 9. The lowest BCUT2D eigenvalue weighted by molar-refractivity contribution is -0.384. The van der Waals surface area contributed by atoms with Crippen LogP contribution in [0.15, 0.2) is 210 Å². The van der Waals surface area contributed by atoms with Gasteiger partial charge in [-0.3, -0.25) is 38.9 Å². The Morgan fingerprint density at radius 1 is 0.328 bits per heavy atom. The van der Waals surface area contributed by atoms with Gasteiger partial charge in [-0.15, -0.1) is 56.7 Å². The summed E-state index contributed by atoms with van der Waals surface area (Å²) in [6, 6.07) is 42.5. The lowest BCUT2D eigenvalue weighted by atomic mass is 10.2. The standard InChI is InChI=1S/C18H16N6O2S.C18H15N5O3S.C17H14N6O3S.C17H16N6OS.C17H15N5O2S/c1-23-12-7-8-27-14(12)17(26)24(2)13-9-20-18(22-16(13)23)21-11-5-3-10(4-6-11)15(19)25;1-22-12-7-8-27-14(12)16(24)23(2)13-9-19-18(21-15(13)22)20-11-5-3-10(4-6-11)17(25)26;1-21-12-7-8-27-14(12)16(24)22(2)13-9-18-17(20-15(13)21)19-10-3-5-11(6-4-10)23(25)26;1-22-12-7-8-25-14(12)16(24)23(2)13-9-19-17(21-15(13)22)20-11-5-3-10(18)4-6-11;1-21-12-7-8-25-14(12)16(24)22(2)13-9-18-17(20-15(13)21)19-10-3-5-11(23)6-4-10/h3-9H,1-2H3,(H2,19,25)(H,20,21,22);3-9H,1-2H3,(H,25,26)(H,19,20,21);3-9H,1-2H3,(H,18,19,20);3-9H,18H2,1-2H3,(H,19,20,21);3-9,23H,1-2H3,(H,18,19,20). The Labute approximate surface area is 765 Å². The smallest absolute Gasteiger partial charge is 0.335 e. The van der Waals surface area contributed by atoms with Crippen LogP contribution in [0.25, 0.3) is 0 Å². The molecule has 44 heteroatoms. The molecule has 0 bridgehead atoms. The van der Waals surface area contributed by atoms with Crippen molar-refractivity contribution in [2.45, 2.75) is 0 Å². The van der Waals surface area contributed by atoms with E-state index in [4.69, 9.17) is 16.6 Å². The summed E-state index contributed by atoms with van der Waals surface area (Å²) < 4.78 is 0. The highest BCUT2D eigenvalue weighted by atomic mass is 32.1. The highest BCUT2D eigenvalue weighted by Crippen LogP contribution is 2.47. The summed E-state index contributed by atoms with van der Waals surface area (Å²) in [5.41, 5.74) is 23.1. The quantitative estimate of drug-likeness (QED) is 0.0224. The molecule has 6 amide bonds. The number of aromatic nitrogens is 10. The predicted molar refractivity (Wildman–Crippen MR) is 513 cm³/mol. The molecule has 10 aromatic heterocycles. The molecule has 5 aliphatic rings. The number of anilines is 26. The van der Waals surface area contributed by atoms with Crippen molar-refractivity contribution in [1.29, 1.82) is 0 Å². The van der Waals surface area contributed by atoms with Gasteiger partial charge < -0.3 is 97.3 Å². The van der Waals surface area contributed by atoms with Crippen LogP contribution >= 0.6 is 56.7 Å². The van der Waals surface area contributed by atoms with Crippen molar-refractivity contribution in [3.8, 4) is 5.75 Å². The SMILES string of the molecule is CN1C(=O)c2sccc2N(C)c2nc(Nc3ccc(C(=O)O)cc3)ncc21.CN1C(=O)c2sccc2N(C)c2nc(Nc3ccc(C(N)=O)cc3)ncc21.CN1C(=O)c2sccc2N(C)c2nc(Nc3ccc(N)cc3)ncc21.CN1C(=O)c2sccc2N(C)c2nc(Nc3ccc(O)cc3)ncc21.CN1C(=O)c2sccc2N(C)c2nc(Nc3ccc([N+](=O)[O-])cc3)ncc21. The minimum atomic E-state index is -0.983. The van der Waals surface area contributed by atoms with Gasteiger partial charge in [0.1, 0.15) is 58.6 Å². The number of fused-ring (bicyclic) bond motifs is 10. The van der Waals surface area contributed by atoms with Gasteiger partial charge in [-0.05, 0) is 166 Å². The molecular formula is C87H76N28O11S5. The maximum Gasteiger partial charge on any atom is 0.335 e. The van der Waals surface area contributed by atoms with Crippen molar-refractivity contribution in [1.82, 2.24) is 49.8 Å². The number of hydrogen-bond acceptors (Lipinski definition) is 36. The van der Waals surface area contributed by atoms with Gasteiger partial charge in [0.25, 0.3) is 35.2 Å². The maximum absolute atomic E-state index is 12.7. The molecule has 39 nitrogen and oxygen atoms in total. The van der Waals surface area contributed by atoms with Crippen molar-refractivity contribution < 1.29 is 48.7 Å². The molecule has 0 radical (unpaired) electrons. The number of aromatic carboxylic acids is 1. The number of non-ortho nitro benzene ring substituents is 1. The number of aromatic hydroxyl groups is 1. The second-order valence-corrected chi connectivity index (χ2v) is 33.8. The summed E-state index contributed by atoms with van der Waals surface area (Å²) in [6.07, 6.45) is 8.10. The number of nitrogens with one attached hydrogen (secondary N) is 5. The molecule has 15 aromatic rings. The van der Waals surface area contributed by atoms with Crippen molar-refractivity contribution >= 4 is 254 Å². The van der Waals surface area contributed by atoms with Gasteiger partial charge in [0.15, 0.2) is 29.1 Å². The Morgan fingerprint density at radius 3 is 0.779 bits per heavy atom. The Balaban J connectivity index is 0.000000120. The fourth-order valence-electron chi connectivity index (χ4n) is 13.9. The number of nitro groups is 1. The third-order valence-corrected chi connectivity index (χ3v) is 25.6. The highest BCUT2D eigenvalue weighted by Gasteiger charge is 2.36. The van der Waals surface area contributed by atoms with Crippen molar-refractivity contribution in [3.05, 3.63) is 255 Å². The van der Waals surface area contributed by atoms with Crippen LogP contribution < -0.4 is 87.1 Å². The van der Waals surface area contributed by atoms with Gasteiger partial charge in [-0.1, -0.05) is 0 Å². The van der Waals surface area contributed by atoms with Crippen LogP contribution in [0.3, 0.4) is 0 Å². The molecule has 0 aliphatic carbocycles. The van der Waals surface area contributed by atoms with Crippen LogP contribution in [0.5, 0.6) is 5.75 Å². The fourth-order valence-corrected chi connectivity index (χ4v) is 18.4. The number of primary amides is 1. The van der Waals surface area contributed by atoms with Gasteiger partial charge >= 0.3 is 5.97 Å². The van der Waals surface area contributed by atoms with E-state index in [1.54, 1.807) is 159 Å². The van der Waals surface area contributed by atoms with Gasteiger partial charge in [0, 0.05) is 122 Å². The third kappa shape index (κ3) is 17.9. The van der Waals surface area contributed by atoms with Gasteiger partial charge in [0.2, 0.25) is 35.6 Å². The van der Waals surface area contributed by atoms with Crippen LogP contribution in [0.2, 0.25) is 0 Å². The van der Waals surface area contributed by atoms with Gasteiger partial charge in [0.05, 0.1) is 69.9 Å². The van der Waals surface area contributed by atoms with Crippen LogP contribution in [-0.2, 0) is 0 Å². The zero-order chi connectivity index (χ0) is 92.5. The molecule has 0 saturated carbocycles. The van der Waals surface area contributed by atoms with Crippen molar-refractivity contribution in [2.75, 3.05) is 152 Å². The summed E-state index contributed by atoms with van der Waals surface area (Å²) >= 11 is 7.01. The number of nitrogens with zero attached hydrogens (tertiary/aromatic N) is 21. The zero-order valence-electron chi connectivity index (χ0n) is 70.9. The first kappa shape index (κ1) is 87.8. The first-order chi connectivity index (χ1) is 62.9.